The normalized spacial score (nSPS) is 33.1. The average molecular weight is 372 g/mol. The second kappa shape index (κ2) is 7.75. The smallest absolute Gasteiger partial charge is 0.338 e. The summed E-state index contributed by atoms with van der Waals surface area (Å²) in [6.07, 6.45) is -6.15. The van der Waals surface area contributed by atoms with E-state index in [2.05, 4.69) is 0 Å². The van der Waals surface area contributed by atoms with Crippen LogP contribution in [0.15, 0.2) is 60.7 Å². The van der Waals surface area contributed by atoms with Gasteiger partial charge in [-0.1, -0.05) is 48.5 Å². The van der Waals surface area contributed by atoms with Crippen LogP contribution >= 0.6 is 0 Å². The van der Waals surface area contributed by atoms with Crippen molar-refractivity contribution in [2.75, 3.05) is 6.61 Å². The van der Waals surface area contributed by atoms with Gasteiger partial charge < -0.3 is 29.2 Å². The molecule has 2 saturated heterocycles. The number of carbonyl (C=O) groups is 1. The number of aliphatic hydroxyl groups excluding tert-OH is 2. The summed E-state index contributed by atoms with van der Waals surface area (Å²) < 4.78 is 22.3. The first-order valence-electron chi connectivity index (χ1n) is 8.73. The quantitative estimate of drug-likeness (QED) is 0.787. The van der Waals surface area contributed by atoms with E-state index in [1.165, 1.54) is 0 Å². The average Bonchev–Trinajstić information content (AvgIpc) is 2.72. The van der Waals surface area contributed by atoms with Crippen LogP contribution in [0.25, 0.3) is 0 Å². The Morgan fingerprint density at radius 2 is 1.63 bits per heavy atom. The van der Waals surface area contributed by atoms with Gasteiger partial charge in [-0.25, -0.2) is 4.79 Å². The van der Waals surface area contributed by atoms with E-state index in [1.54, 1.807) is 30.3 Å². The fraction of sp³-hybridized carbons (Fsp3) is 0.350. The van der Waals surface area contributed by atoms with Crippen LogP contribution in [0.1, 0.15) is 22.2 Å². The molecule has 0 bridgehead atoms. The largest absolute Gasteiger partial charge is 0.450 e. The molecule has 2 aliphatic heterocycles. The molecule has 2 heterocycles. The molecule has 2 aromatic carbocycles. The number of carbonyl (C=O) groups excluding carboxylic acids is 1. The highest BCUT2D eigenvalue weighted by molar-refractivity contribution is 5.89. The van der Waals surface area contributed by atoms with E-state index in [0.29, 0.717) is 5.56 Å². The topological polar surface area (TPSA) is 94.5 Å². The highest BCUT2D eigenvalue weighted by atomic mass is 16.7. The van der Waals surface area contributed by atoms with E-state index in [1.807, 2.05) is 30.3 Å². The number of benzene rings is 2. The number of hydrogen-bond acceptors (Lipinski definition) is 7. The summed E-state index contributed by atoms with van der Waals surface area (Å²) in [7, 11) is 0. The maximum atomic E-state index is 12.3. The minimum Gasteiger partial charge on any atom is -0.450 e. The van der Waals surface area contributed by atoms with Gasteiger partial charge in [0.1, 0.15) is 18.3 Å². The van der Waals surface area contributed by atoms with Crippen molar-refractivity contribution in [3.63, 3.8) is 0 Å². The molecule has 0 amide bonds. The molecule has 7 heteroatoms. The third kappa shape index (κ3) is 3.73. The number of fused-ring (bicyclic) bond motifs is 1. The Balaban J connectivity index is 1.48. The summed E-state index contributed by atoms with van der Waals surface area (Å²) in [5.41, 5.74) is 1.11. The Bertz CT molecular complexity index is 766. The van der Waals surface area contributed by atoms with Gasteiger partial charge in [0.15, 0.2) is 18.7 Å². The lowest BCUT2D eigenvalue weighted by Crippen LogP contribution is -2.62. The van der Waals surface area contributed by atoms with Crippen LogP contribution < -0.4 is 0 Å². The lowest BCUT2D eigenvalue weighted by Gasteiger charge is -2.46. The molecule has 1 unspecified atom stereocenters. The van der Waals surface area contributed by atoms with Gasteiger partial charge >= 0.3 is 5.97 Å². The van der Waals surface area contributed by atoms with Crippen LogP contribution in [0, 0.1) is 0 Å². The van der Waals surface area contributed by atoms with Gasteiger partial charge in [0.25, 0.3) is 0 Å². The first-order chi connectivity index (χ1) is 13.1. The van der Waals surface area contributed by atoms with E-state index in [9.17, 15) is 15.0 Å². The molecular weight excluding hydrogens is 352 g/mol. The summed E-state index contributed by atoms with van der Waals surface area (Å²) in [6, 6.07) is 17.6. The number of aliphatic hydroxyl groups is 2. The molecule has 2 aliphatic rings. The number of hydrogen-bond donors (Lipinski definition) is 2. The van der Waals surface area contributed by atoms with E-state index in [-0.39, 0.29) is 6.61 Å². The van der Waals surface area contributed by atoms with Crippen molar-refractivity contribution in [2.24, 2.45) is 0 Å². The van der Waals surface area contributed by atoms with Crippen molar-refractivity contribution in [3.8, 4) is 0 Å². The second-order valence-electron chi connectivity index (χ2n) is 6.47. The highest BCUT2D eigenvalue weighted by Gasteiger charge is 2.50. The molecule has 0 aliphatic carbocycles. The summed E-state index contributed by atoms with van der Waals surface area (Å²) >= 11 is 0. The molecule has 0 aromatic heterocycles. The van der Waals surface area contributed by atoms with Crippen molar-refractivity contribution >= 4 is 5.97 Å². The second-order valence-corrected chi connectivity index (χ2v) is 6.47. The lowest BCUT2D eigenvalue weighted by molar-refractivity contribution is -0.353. The van der Waals surface area contributed by atoms with Crippen LogP contribution in [0.5, 0.6) is 0 Å². The fourth-order valence-corrected chi connectivity index (χ4v) is 3.25. The Morgan fingerprint density at radius 1 is 0.963 bits per heavy atom. The van der Waals surface area contributed by atoms with Crippen molar-refractivity contribution in [1.82, 2.24) is 0 Å². The first kappa shape index (κ1) is 18.1. The van der Waals surface area contributed by atoms with Crippen molar-refractivity contribution < 1.29 is 34.0 Å². The van der Waals surface area contributed by atoms with Crippen LogP contribution in [0.4, 0.5) is 0 Å². The monoisotopic (exact) mass is 372 g/mol. The Morgan fingerprint density at radius 3 is 2.33 bits per heavy atom. The number of esters is 1. The van der Waals surface area contributed by atoms with Crippen molar-refractivity contribution in [3.05, 3.63) is 71.8 Å². The predicted octanol–water partition coefficient (Wildman–Crippen LogP) is 1.40. The van der Waals surface area contributed by atoms with E-state index in [4.69, 9.17) is 18.9 Å². The van der Waals surface area contributed by atoms with E-state index in [0.717, 1.165) is 5.56 Å². The van der Waals surface area contributed by atoms with Crippen molar-refractivity contribution in [1.29, 1.82) is 0 Å². The third-order valence-corrected chi connectivity index (χ3v) is 4.65. The zero-order valence-electron chi connectivity index (χ0n) is 14.4. The Hall–Kier alpha value is -2.29. The molecule has 2 N–H and O–H groups in total. The Labute approximate surface area is 156 Å². The van der Waals surface area contributed by atoms with Crippen LogP contribution in [0.3, 0.4) is 0 Å². The third-order valence-electron chi connectivity index (χ3n) is 4.65. The molecule has 2 fully saturated rings. The molecule has 7 nitrogen and oxygen atoms in total. The van der Waals surface area contributed by atoms with Gasteiger partial charge in [-0.05, 0) is 12.1 Å². The zero-order chi connectivity index (χ0) is 18.8. The highest BCUT2D eigenvalue weighted by Crippen LogP contribution is 2.34. The van der Waals surface area contributed by atoms with Gasteiger partial charge in [-0.15, -0.1) is 0 Å². The van der Waals surface area contributed by atoms with Gasteiger partial charge in [0.2, 0.25) is 0 Å². The van der Waals surface area contributed by atoms with Gasteiger partial charge in [-0.3, -0.25) is 0 Å². The molecule has 27 heavy (non-hydrogen) atoms. The van der Waals surface area contributed by atoms with Crippen LogP contribution in [-0.2, 0) is 18.9 Å². The van der Waals surface area contributed by atoms with E-state index < -0.39 is 43.0 Å². The summed E-state index contributed by atoms with van der Waals surface area (Å²) in [5.74, 6) is -0.660. The maximum Gasteiger partial charge on any atom is 0.338 e. The van der Waals surface area contributed by atoms with Gasteiger partial charge in [-0.2, -0.15) is 0 Å². The fourth-order valence-electron chi connectivity index (χ4n) is 3.25. The minimum absolute atomic E-state index is 0.137. The van der Waals surface area contributed by atoms with Crippen molar-refractivity contribution in [2.45, 2.75) is 37.0 Å². The van der Waals surface area contributed by atoms with Crippen LogP contribution in [-0.4, -0.2) is 53.5 Å². The molecule has 0 saturated carbocycles. The lowest BCUT2D eigenvalue weighted by atomic mass is 9.97. The standard InChI is InChI=1S/C20H20O7/c21-15-16-14(11-24-20(27-16)13-9-5-2-6-10-13)25-19(23)17(15)26-18(22)12-7-3-1-4-8-12/h1-10,14-17,19-21,23H,11H2/t14-,15+,16+,17-,19-,20?/m1/s1. The van der Waals surface area contributed by atoms with Gasteiger partial charge in [0.05, 0.1) is 12.2 Å². The minimum atomic E-state index is -1.48. The van der Waals surface area contributed by atoms with Crippen LogP contribution in [0.2, 0.25) is 0 Å². The number of rotatable bonds is 3. The molecule has 6 atom stereocenters. The summed E-state index contributed by atoms with van der Waals surface area (Å²) in [6.45, 7) is 0.137. The SMILES string of the molecule is O=C(O[C@@H]1[C@@H](O)[C@H]2OC(c3ccccc3)OC[C@H]2O[C@H]1O)c1ccccc1. The maximum absolute atomic E-state index is 12.3. The molecule has 4 rings (SSSR count). The molecule has 0 spiro atoms. The first-order valence-corrected chi connectivity index (χ1v) is 8.73. The summed E-state index contributed by atoms with van der Waals surface area (Å²) in [5, 5.41) is 20.9. The Kier molecular flexibility index (Phi) is 5.20. The molecule has 142 valence electrons. The predicted molar refractivity (Wildman–Crippen MR) is 92.5 cm³/mol. The summed E-state index contributed by atoms with van der Waals surface area (Å²) in [4.78, 5) is 12.3. The zero-order valence-corrected chi connectivity index (χ0v) is 14.4. The molecule has 0 radical (unpaired) electrons. The number of ether oxygens (including phenoxy) is 4. The molecule has 2 aromatic rings. The molecular formula is C20H20O7. The van der Waals surface area contributed by atoms with Gasteiger partial charge in [0, 0.05) is 5.56 Å². The van der Waals surface area contributed by atoms with E-state index >= 15 is 0 Å².